The number of aromatic nitrogens is 1. The van der Waals surface area contributed by atoms with Crippen molar-refractivity contribution in [3.05, 3.63) is 46.8 Å². The van der Waals surface area contributed by atoms with Gasteiger partial charge in [0.25, 0.3) is 5.91 Å². The van der Waals surface area contributed by atoms with E-state index in [-0.39, 0.29) is 23.5 Å². The van der Waals surface area contributed by atoms with Gasteiger partial charge in [-0.25, -0.2) is 0 Å². The van der Waals surface area contributed by atoms with Crippen LogP contribution in [0.4, 0.5) is 0 Å². The molecule has 1 unspecified atom stereocenters. The van der Waals surface area contributed by atoms with Crippen molar-refractivity contribution in [3.63, 3.8) is 0 Å². The Morgan fingerprint density at radius 2 is 1.93 bits per heavy atom. The second-order valence-corrected chi connectivity index (χ2v) is 7.77. The third kappa shape index (κ3) is 3.25. The highest BCUT2D eigenvalue weighted by atomic mass is 16.5. The van der Waals surface area contributed by atoms with Crippen molar-refractivity contribution < 1.29 is 18.8 Å². The van der Waals surface area contributed by atoms with Crippen LogP contribution in [0.5, 0.6) is 5.75 Å². The van der Waals surface area contributed by atoms with Crippen molar-refractivity contribution in [2.45, 2.75) is 51.7 Å². The predicted molar refractivity (Wildman–Crippen MR) is 102 cm³/mol. The van der Waals surface area contributed by atoms with E-state index in [2.05, 4.69) is 10.5 Å². The number of hydrogen-bond acceptors (Lipinski definition) is 5. The van der Waals surface area contributed by atoms with Gasteiger partial charge in [0, 0.05) is 44.8 Å². The molecule has 0 bridgehead atoms. The summed E-state index contributed by atoms with van der Waals surface area (Å²) in [6, 6.07) is 7.77. The van der Waals surface area contributed by atoms with Crippen LogP contribution in [0.2, 0.25) is 0 Å². The average Bonchev–Trinajstić information content (AvgIpc) is 2.99. The highest BCUT2D eigenvalue weighted by Crippen LogP contribution is 2.44. The summed E-state index contributed by atoms with van der Waals surface area (Å²) in [4.78, 5) is 26.5. The highest BCUT2D eigenvalue weighted by molar-refractivity contribution is 5.96. The van der Waals surface area contributed by atoms with Crippen LogP contribution in [0.15, 0.2) is 28.8 Å². The van der Waals surface area contributed by atoms with E-state index in [1.807, 2.05) is 29.2 Å². The maximum atomic E-state index is 12.9. The van der Waals surface area contributed by atoms with E-state index in [4.69, 9.17) is 9.26 Å². The third-order valence-electron chi connectivity index (χ3n) is 5.78. The minimum absolute atomic E-state index is 0.0410. The first kappa shape index (κ1) is 18.5. The number of aryl methyl sites for hydroxylation is 2. The number of ether oxygens (including phenoxy) is 1. The zero-order chi connectivity index (χ0) is 19.9. The maximum absolute atomic E-state index is 12.9. The van der Waals surface area contributed by atoms with Crippen molar-refractivity contribution in [1.29, 1.82) is 0 Å². The van der Waals surface area contributed by atoms with Gasteiger partial charge in [-0.1, -0.05) is 23.4 Å². The number of benzene rings is 1. The van der Waals surface area contributed by atoms with Crippen LogP contribution >= 0.6 is 0 Å². The molecule has 7 heteroatoms. The molecule has 1 atom stereocenters. The number of hydrogen-bond donors (Lipinski definition) is 1. The van der Waals surface area contributed by atoms with Gasteiger partial charge in [-0.3, -0.25) is 9.59 Å². The molecule has 0 radical (unpaired) electrons. The summed E-state index contributed by atoms with van der Waals surface area (Å²) in [5.41, 5.74) is 1.81. The maximum Gasteiger partial charge on any atom is 0.259 e. The largest absolute Gasteiger partial charge is 0.487 e. The second kappa shape index (κ2) is 6.96. The fourth-order valence-corrected chi connectivity index (χ4v) is 4.36. The second-order valence-electron chi connectivity index (χ2n) is 7.77. The zero-order valence-corrected chi connectivity index (χ0v) is 16.4. The summed E-state index contributed by atoms with van der Waals surface area (Å²) < 4.78 is 11.6. The number of amides is 2. The first-order chi connectivity index (χ1) is 13.4. The van der Waals surface area contributed by atoms with E-state index >= 15 is 0 Å². The normalized spacial score (nSPS) is 20.4. The topological polar surface area (TPSA) is 84.7 Å². The standard InChI is InChI=1S/C21H25N3O4/c1-13-19(14(2)28-23-13)20(26)24-10-8-21(9-11-24)12-17(22-15(3)25)16-6-4-5-7-18(16)27-21/h4-7,17H,8-12H2,1-3H3,(H,22,25). The molecule has 1 N–H and O–H groups in total. The van der Waals surface area contributed by atoms with Crippen LogP contribution < -0.4 is 10.1 Å². The lowest BCUT2D eigenvalue weighted by atomic mass is 9.80. The highest BCUT2D eigenvalue weighted by Gasteiger charge is 2.44. The molecular weight excluding hydrogens is 358 g/mol. The molecule has 2 amide bonds. The number of para-hydroxylation sites is 1. The molecule has 1 aromatic carbocycles. The minimum Gasteiger partial charge on any atom is -0.487 e. The molecule has 1 aromatic heterocycles. The first-order valence-corrected chi connectivity index (χ1v) is 9.66. The summed E-state index contributed by atoms with van der Waals surface area (Å²) in [7, 11) is 0. The summed E-state index contributed by atoms with van der Waals surface area (Å²) in [6.07, 6.45) is 2.13. The number of carbonyl (C=O) groups excluding carboxylic acids is 2. The number of fused-ring (bicyclic) bond motifs is 1. The number of nitrogens with zero attached hydrogens (tertiary/aromatic N) is 2. The van der Waals surface area contributed by atoms with Crippen molar-refractivity contribution in [2.24, 2.45) is 0 Å². The van der Waals surface area contributed by atoms with Crippen LogP contribution in [-0.4, -0.2) is 40.6 Å². The molecule has 7 nitrogen and oxygen atoms in total. The predicted octanol–water partition coefficient (Wildman–Crippen LogP) is 2.93. The number of likely N-dealkylation sites (tertiary alicyclic amines) is 1. The zero-order valence-electron chi connectivity index (χ0n) is 16.4. The van der Waals surface area contributed by atoms with Gasteiger partial charge in [0.2, 0.25) is 5.91 Å². The van der Waals surface area contributed by atoms with Gasteiger partial charge >= 0.3 is 0 Å². The Morgan fingerprint density at radius 1 is 1.21 bits per heavy atom. The lowest BCUT2D eigenvalue weighted by Crippen LogP contribution is -2.53. The van der Waals surface area contributed by atoms with Crippen LogP contribution in [0.25, 0.3) is 0 Å². The van der Waals surface area contributed by atoms with E-state index in [1.54, 1.807) is 13.8 Å². The van der Waals surface area contributed by atoms with Crippen LogP contribution in [0.3, 0.4) is 0 Å². The van der Waals surface area contributed by atoms with E-state index in [1.165, 1.54) is 6.92 Å². The number of nitrogens with one attached hydrogen (secondary N) is 1. The van der Waals surface area contributed by atoms with Crippen LogP contribution in [0.1, 0.15) is 59.6 Å². The lowest BCUT2D eigenvalue weighted by molar-refractivity contribution is -0.120. The molecule has 0 aliphatic carbocycles. The van der Waals surface area contributed by atoms with Crippen molar-refractivity contribution >= 4 is 11.8 Å². The lowest BCUT2D eigenvalue weighted by Gasteiger charge is -2.47. The molecule has 1 spiro atoms. The monoisotopic (exact) mass is 383 g/mol. The van der Waals surface area contributed by atoms with E-state index in [9.17, 15) is 9.59 Å². The molecule has 28 heavy (non-hydrogen) atoms. The molecule has 1 fully saturated rings. The van der Waals surface area contributed by atoms with Gasteiger partial charge in [-0.15, -0.1) is 0 Å². The van der Waals surface area contributed by atoms with Gasteiger partial charge in [0.1, 0.15) is 22.7 Å². The number of carbonyl (C=O) groups is 2. The van der Waals surface area contributed by atoms with Crippen molar-refractivity contribution in [3.8, 4) is 5.75 Å². The molecule has 3 heterocycles. The van der Waals surface area contributed by atoms with Gasteiger partial charge in [0.15, 0.2) is 0 Å². The smallest absolute Gasteiger partial charge is 0.259 e. The van der Waals surface area contributed by atoms with Gasteiger partial charge in [0.05, 0.1) is 11.7 Å². The fourth-order valence-electron chi connectivity index (χ4n) is 4.36. The van der Waals surface area contributed by atoms with Gasteiger partial charge < -0.3 is 19.5 Å². The Bertz CT molecular complexity index is 893. The van der Waals surface area contributed by atoms with Crippen LogP contribution in [0, 0.1) is 13.8 Å². The molecule has 2 aliphatic rings. The van der Waals surface area contributed by atoms with Crippen LogP contribution in [-0.2, 0) is 4.79 Å². The molecule has 148 valence electrons. The Kier molecular flexibility index (Phi) is 4.61. The third-order valence-corrected chi connectivity index (χ3v) is 5.78. The summed E-state index contributed by atoms with van der Waals surface area (Å²) in [5.74, 6) is 1.28. The van der Waals surface area contributed by atoms with Crippen molar-refractivity contribution in [1.82, 2.24) is 15.4 Å². The summed E-state index contributed by atoms with van der Waals surface area (Å²) >= 11 is 0. The van der Waals surface area contributed by atoms with Gasteiger partial charge in [-0.2, -0.15) is 0 Å². The number of rotatable bonds is 2. The van der Waals surface area contributed by atoms with E-state index < -0.39 is 0 Å². The quantitative estimate of drug-likeness (QED) is 0.862. The SMILES string of the molecule is CC(=O)NC1CC2(CCN(C(=O)c3c(C)noc3C)CC2)Oc2ccccc21. The molecule has 0 saturated carbocycles. The molecule has 2 aromatic rings. The summed E-state index contributed by atoms with van der Waals surface area (Å²) in [6.45, 7) is 6.28. The Balaban J connectivity index is 1.52. The summed E-state index contributed by atoms with van der Waals surface area (Å²) in [5, 5.41) is 6.95. The molecular formula is C21H25N3O4. The molecule has 2 aliphatic heterocycles. The minimum atomic E-state index is -0.378. The number of piperidine rings is 1. The van der Waals surface area contributed by atoms with E-state index in [0.717, 1.165) is 11.3 Å². The fraction of sp³-hybridized carbons (Fsp3) is 0.476. The molecule has 4 rings (SSSR count). The molecule has 1 saturated heterocycles. The Labute approximate surface area is 164 Å². The van der Waals surface area contributed by atoms with E-state index in [0.29, 0.717) is 49.4 Å². The average molecular weight is 383 g/mol. The first-order valence-electron chi connectivity index (χ1n) is 9.66. The van der Waals surface area contributed by atoms with Gasteiger partial charge in [-0.05, 0) is 19.9 Å². The Morgan fingerprint density at radius 3 is 2.57 bits per heavy atom. The Hall–Kier alpha value is -2.83. The van der Waals surface area contributed by atoms with Crippen molar-refractivity contribution in [2.75, 3.05) is 13.1 Å².